The standard InChI is InChI=1S/C19H23NO3S/c1-4-6-12-15(21)20-18-17(19(22)23-5-2)16(13(3)24-18)14-10-8-7-9-11-14/h7-11H,4-6,12H2,1-3H3,(H,20,21). The van der Waals surface area contributed by atoms with Crippen LogP contribution in [-0.4, -0.2) is 18.5 Å². The Morgan fingerprint density at radius 3 is 2.50 bits per heavy atom. The van der Waals surface area contributed by atoms with Gasteiger partial charge in [-0.05, 0) is 25.8 Å². The van der Waals surface area contributed by atoms with Crippen molar-refractivity contribution >= 4 is 28.2 Å². The molecule has 0 aliphatic carbocycles. The van der Waals surface area contributed by atoms with Crippen molar-refractivity contribution < 1.29 is 14.3 Å². The summed E-state index contributed by atoms with van der Waals surface area (Å²) in [7, 11) is 0. The molecular weight excluding hydrogens is 322 g/mol. The van der Waals surface area contributed by atoms with Gasteiger partial charge in [-0.15, -0.1) is 11.3 Å². The Labute approximate surface area is 146 Å². The molecule has 4 nitrogen and oxygen atoms in total. The molecule has 5 heteroatoms. The van der Waals surface area contributed by atoms with Crippen molar-refractivity contribution in [3.8, 4) is 11.1 Å². The lowest BCUT2D eigenvalue weighted by molar-refractivity contribution is -0.116. The Morgan fingerprint density at radius 1 is 1.17 bits per heavy atom. The van der Waals surface area contributed by atoms with Gasteiger partial charge in [0.1, 0.15) is 10.6 Å². The Bertz CT molecular complexity index is 707. The number of benzene rings is 1. The van der Waals surface area contributed by atoms with Crippen LogP contribution in [0.2, 0.25) is 0 Å². The predicted octanol–water partition coefficient (Wildman–Crippen LogP) is 5.03. The van der Waals surface area contributed by atoms with E-state index >= 15 is 0 Å². The zero-order valence-electron chi connectivity index (χ0n) is 14.3. The molecular formula is C19H23NO3S. The first kappa shape index (κ1) is 18.2. The molecule has 0 spiro atoms. The first-order chi connectivity index (χ1) is 11.6. The molecule has 1 amide bonds. The molecule has 0 saturated heterocycles. The van der Waals surface area contributed by atoms with Gasteiger partial charge in [0, 0.05) is 16.9 Å². The minimum atomic E-state index is -0.397. The van der Waals surface area contributed by atoms with Gasteiger partial charge < -0.3 is 10.1 Å². The number of carbonyl (C=O) groups excluding carboxylic acids is 2. The van der Waals surface area contributed by atoms with Gasteiger partial charge in [0.15, 0.2) is 0 Å². The quantitative estimate of drug-likeness (QED) is 0.716. The van der Waals surface area contributed by atoms with Gasteiger partial charge in [-0.3, -0.25) is 4.79 Å². The maximum atomic E-state index is 12.5. The van der Waals surface area contributed by atoms with Crippen LogP contribution < -0.4 is 5.32 Å². The second-order valence-electron chi connectivity index (χ2n) is 5.48. The first-order valence-corrected chi connectivity index (χ1v) is 9.05. The van der Waals surface area contributed by atoms with E-state index in [0.717, 1.165) is 28.8 Å². The highest BCUT2D eigenvalue weighted by atomic mass is 32.1. The summed E-state index contributed by atoms with van der Waals surface area (Å²) in [5.74, 6) is -0.463. The summed E-state index contributed by atoms with van der Waals surface area (Å²) < 4.78 is 5.22. The lowest BCUT2D eigenvalue weighted by Gasteiger charge is -2.09. The molecule has 1 N–H and O–H groups in total. The van der Waals surface area contributed by atoms with Gasteiger partial charge >= 0.3 is 5.97 Å². The fourth-order valence-electron chi connectivity index (χ4n) is 2.51. The number of nitrogens with one attached hydrogen (secondary N) is 1. The number of rotatable bonds is 7. The summed E-state index contributed by atoms with van der Waals surface area (Å²) in [6.45, 7) is 6.07. The van der Waals surface area contributed by atoms with E-state index in [1.54, 1.807) is 6.92 Å². The van der Waals surface area contributed by atoms with Crippen LogP contribution in [0.1, 0.15) is 48.3 Å². The topological polar surface area (TPSA) is 55.4 Å². The van der Waals surface area contributed by atoms with Crippen molar-refractivity contribution in [1.29, 1.82) is 0 Å². The third-order valence-corrected chi connectivity index (χ3v) is 4.66. The van der Waals surface area contributed by atoms with Crippen LogP contribution >= 0.6 is 11.3 Å². The normalized spacial score (nSPS) is 10.5. The number of hydrogen-bond donors (Lipinski definition) is 1. The number of aryl methyl sites for hydroxylation is 1. The molecule has 0 radical (unpaired) electrons. The molecule has 2 aromatic rings. The van der Waals surface area contributed by atoms with Crippen LogP contribution in [-0.2, 0) is 9.53 Å². The van der Waals surface area contributed by atoms with E-state index in [0.29, 0.717) is 23.6 Å². The zero-order valence-corrected chi connectivity index (χ0v) is 15.2. The summed E-state index contributed by atoms with van der Waals surface area (Å²) in [6, 6.07) is 9.71. The third kappa shape index (κ3) is 4.23. The molecule has 0 aliphatic heterocycles. The van der Waals surface area contributed by atoms with Crippen LogP contribution in [0, 0.1) is 6.92 Å². The molecule has 24 heavy (non-hydrogen) atoms. The summed E-state index contributed by atoms with van der Waals surface area (Å²) in [4.78, 5) is 25.6. The van der Waals surface area contributed by atoms with E-state index in [9.17, 15) is 9.59 Å². The van der Waals surface area contributed by atoms with Crippen molar-refractivity contribution in [2.45, 2.75) is 40.0 Å². The third-order valence-electron chi connectivity index (χ3n) is 3.64. The van der Waals surface area contributed by atoms with Crippen molar-refractivity contribution in [3.05, 3.63) is 40.8 Å². The fraction of sp³-hybridized carbons (Fsp3) is 0.368. The van der Waals surface area contributed by atoms with E-state index in [1.165, 1.54) is 11.3 Å². The summed E-state index contributed by atoms with van der Waals surface area (Å²) in [5.41, 5.74) is 2.24. The summed E-state index contributed by atoms with van der Waals surface area (Å²) in [6.07, 6.45) is 2.24. The van der Waals surface area contributed by atoms with Gasteiger partial charge in [0.2, 0.25) is 5.91 Å². The Hall–Kier alpha value is -2.14. The Balaban J connectivity index is 2.44. The largest absolute Gasteiger partial charge is 0.462 e. The molecule has 1 heterocycles. The Morgan fingerprint density at radius 2 is 1.88 bits per heavy atom. The van der Waals surface area contributed by atoms with Crippen molar-refractivity contribution in [2.24, 2.45) is 0 Å². The average Bonchev–Trinajstić information content (AvgIpc) is 2.90. The number of thiophene rings is 1. The maximum absolute atomic E-state index is 12.5. The van der Waals surface area contributed by atoms with Gasteiger partial charge in [-0.25, -0.2) is 4.79 Å². The SMILES string of the molecule is CCCCC(=O)Nc1sc(C)c(-c2ccccc2)c1C(=O)OCC. The highest BCUT2D eigenvalue weighted by Crippen LogP contribution is 2.40. The van der Waals surface area contributed by atoms with Gasteiger partial charge in [-0.1, -0.05) is 43.7 Å². The van der Waals surface area contributed by atoms with E-state index in [1.807, 2.05) is 44.2 Å². The van der Waals surface area contributed by atoms with E-state index in [4.69, 9.17) is 4.74 Å². The molecule has 0 aliphatic rings. The number of amides is 1. The maximum Gasteiger partial charge on any atom is 0.341 e. The van der Waals surface area contributed by atoms with Crippen molar-refractivity contribution in [1.82, 2.24) is 0 Å². The van der Waals surface area contributed by atoms with Crippen LogP contribution in [0.4, 0.5) is 5.00 Å². The highest BCUT2D eigenvalue weighted by Gasteiger charge is 2.25. The number of anilines is 1. The minimum absolute atomic E-state index is 0.0664. The van der Waals surface area contributed by atoms with Crippen LogP contribution in [0.3, 0.4) is 0 Å². The number of esters is 1. The first-order valence-electron chi connectivity index (χ1n) is 8.24. The number of hydrogen-bond acceptors (Lipinski definition) is 4. The van der Waals surface area contributed by atoms with Crippen LogP contribution in [0.25, 0.3) is 11.1 Å². The second-order valence-corrected chi connectivity index (χ2v) is 6.70. The summed E-state index contributed by atoms with van der Waals surface area (Å²) >= 11 is 1.42. The summed E-state index contributed by atoms with van der Waals surface area (Å²) in [5, 5.41) is 3.47. The number of unbranched alkanes of at least 4 members (excludes halogenated alkanes) is 1. The van der Waals surface area contributed by atoms with Crippen molar-refractivity contribution in [3.63, 3.8) is 0 Å². The van der Waals surface area contributed by atoms with Gasteiger partial charge in [0.05, 0.1) is 6.61 Å². The van der Waals surface area contributed by atoms with E-state index < -0.39 is 5.97 Å². The van der Waals surface area contributed by atoms with E-state index in [2.05, 4.69) is 5.32 Å². The molecule has 0 bridgehead atoms. The zero-order chi connectivity index (χ0) is 17.5. The van der Waals surface area contributed by atoms with Gasteiger partial charge in [-0.2, -0.15) is 0 Å². The number of ether oxygens (including phenoxy) is 1. The smallest absolute Gasteiger partial charge is 0.341 e. The van der Waals surface area contributed by atoms with Gasteiger partial charge in [0.25, 0.3) is 0 Å². The van der Waals surface area contributed by atoms with Crippen LogP contribution in [0.5, 0.6) is 0 Å². The molecule has 0 unspecified atom stereocenters. The molecule has 2 rings (SSSR count). The Kier molecular flexibility index (Phi) is 6.55. The monoisotopic (exact) mass is 345 g/mol. The number of carbonyl (C=O) groups is 2. The second kappa shape index (κ2) is 8.64. The lowest BCUT2D eigenvalue weighted by atomic mass is 10.0. The fourth-order valence-corrected chi connectivity index (χ4v) is 3.59. The molecule has 0 saturated carbocycles. The molecule has 0 atom stereocenters. The van der Waals surface area contributed by atoms with Crippen LogP contribution in [0.15, 0.2) is 30.3 Å². The predicted molar refractivity (Wildman–Crippen MR) is 98.6 cm³/mol. The minimum Gasteiger partial charge on any atom is -0.462 e. The molecule has 128 valence electrons. The highest BCUT2D eigenvalue weighted by molar-refractivity contribution is 7.17. The molecule has 0 fully saturated rings. The average molecular weight is 345 g/mol. The van der Waals surface area contributed by atoms with Crippen molar-refractivity contribution in [2.75, 3.05) is 11.9 Å². The molecule has 1 aromatic heterocycles. The lowest BCUT2D eigenvalue weighted by Crippen LogP contribution is -2.14. The molecule has 1 aromatic carbocycles. The van der Waals surface area contributed by atoms with E-state index in [-0.39, 0.29) is 5.91 Å².